The number of rotatable bonds is 4. The van der Waals surface area contributed by atoms with E-state index in [4.69, 9.17) is 1.41 Å². The molecular formula is C17H17N5. The molecule has 3 rings (SSSR count). The Hall–Kier alpha value is -2.95. The van der Waals surface area contributed by atoms with Gasteiger partial charge in [-0.2, -0.15) is 10.1 Å². The van der Waals surface area contributed by atoms with Gasteiger partial charge < -0.3 is 5.31 Å². The van der Waals surface area contributed by atoms with Gasteiger partial charge in [-0.05, 0) is 24.6 Å². The first kappa shape index (κ1) is 12.8. The van der Waals surface area contributed by atoms with E-state index >= 15 is 0 Å². The van der Waals surface area contributed by atoms with Crippen molar-refractivity contribution in [3.05, 3.63) is 71.7 Å². The van der Waals surface area contributed by atoms with Crippen molar-refractivity contribution in [3.8, 4) is 0 Å². The van der Waals surface area contributed by atoms with Gasteiger partial charge in [0.05, 0.1) is 0 Å². The summed E-state index contributed by atoms with van der Waals surface area (Å²) < 4.78 is 9.76. The molecule has 1 aromatic heterocycles. The van der Waals surface area contributed by atoms with E-state index in [1.165, 1.54) is 5.31 Å². The zero-order valence-corrected chi connectivity index (χ0v) is 12.5. The maximum atomic E-state index is 8.13. The average molecular weight is 292 g/mol. The monoisotopic (exact) mass is 292 g/mol. The first-order valence-corrected chi connectivity index (χ1v) is 6.99. The van der Waals surface area contributed by atoms with Crippen molar-refractivity contribution in [2.45, 2.75) is 6.92 Å². The summed E-state index contributed by atoms with van der Waals surface area (Å²) in [7, 11) is 1.81. The Kier molecular flexibility index (Phi) is 3.61. The van der Waals surface area contributed by atoms with Crippen LogP contribution in [0.2, 0.25) is 1.41 Å². The number of nitrogens with zero attached hydrogens (tertiary/aromatic N) is 4. The van der Waals surface area contributed by atoms with Crippen LogP contribution in [-0.2, 0) is 7.05 Å². The van der Waals surface area contributed by atoms with Crippen LogP contribution in [-0.4, -0.2) is 21.0 Å². The molecule has 2 aromatic rings. The van der Waals surface area contributed by atoms with E-state index in [1.54, 1.807) is 17.1 Å². The Balaban J connectivity index is 1.79. The van der Waals surface area contributed by atoms with Crippen LogP contribution in [0.15, 0.2) is 70.9 Å². The lowest BCUT2D eigenvalue weighted by atomic mass is 10.1. The largest absolute Gasteiger partial charge is 0.361 e. The van der Waals surface area contributed by atoms with Gasteiger partial charge in [-0.25, -0.2) is 9.67 Å². The second kappa shape index (κ2) is 6.22. The van der Waals surface area contributed by atoms with E-state index in [0.29, 0.717) is 11.8 Å². The van der Waals surface area contributed by atoms with E-state index in [-0.39, 0.29) is 0 Å². The molecule has 1 aliphatic rings. The Morgan fingerprint density at radius 2 is 2.14 bits per heavy atom. The third-order valence-electron chi connectivity index (χ3n) is 3.16. The van der Waals surface area contributed by atoms with Gasteiger partial charge in [-0.15, -0.1) is 0 Å². The fourth-order valence-electron chi connectivity index (χ4n) is 2.08. The van der Waals surface area contributed by atoms with Crippen molar-refractivity contribution < 1.29 is 1.41 Å². The summed E-state index contributed by atoms with van der Waals surface area (Å²) in [5, 5.41) is 5.51. The summed E-state index contributed by atoms with van der Waals surface area (Å²) in [6, 6.07) is 9.54. The number of hydrogen-bond acceptors (Lipinski definition) is 4. The van der Waals surface area contributed by atoms with Crippen LogP contribution in [0.5, 0.6) is 0 Å². The zero-order valence-electron chi connectivity index (χ0n) is 13.5. The van der Waals surface area contributed by atoms with Gasteiger partial charge in [0, 0.05) is 30.7 Å². The fraction of sp³-hybridized carbons (Fsp3) is 0.118. The fourth-order valence-corrected chi connectivity index (χ4v) is 2.08. The van der Waals surface area contributed by atoms with Gasteiger partial charge >= 0.3 is 0 Å². The first-order valence-electron chi connectivity index (χ1n) is 7.43. The van der Waals surface area contributed by atoms with Crippen molar-refractivity contribution in [2.24, 2.45) is 12.0 Å². The van der Waals surface area contributed by atoms with Crippen molar-refractivity contribution in [1.29, 1.82) is 0 Å². The molecule has 1 aliphatic carbocycles. The molecule has 1 heterocycles. The van der Waals surface area contributed by atoms with Gasteiger partial charge in [-0.1, -0.05) is 36.4 Å². The van der Waals surface area contributed by atoms with Crippen LogP contribution in [0.1, 0.15) is 5.82 Å². The number of aromatic nitrogens is 3. The molecule has 0 unspecified atom stereocenters. The summed E-state index contributed by atoms with van der Waals surface area (Å²) in [5.41, 5.74) is 2.66. The molecule has 22 heavy (non-hydrogen) atoms. The minimum atomic E-state index is 0.556. The second-order valence-corrected chi connectivity index (χ2v) is 4.87. The predicted octanol–water partition coefficient (Wildman–Crippen LogP) is 3.32. The molecule has 0 atom stereocenters. The standard InChI is InChI=1S/C17H17N5/c1-13-20-17(22(2)21-13)19-12-15-8-6-7-14(15)11-18-16-9-4-3-5-10-16/h3-12,18H,1-2H3/b14-11-,19-12+/i/hD. The molecule has 5 nitrogen and oxygen atoms in total. The lowest BCUT2D eigenvalue weighted by Gasteiger charge is -2.03. The average Bonchev–Trinajstić information content (AvgIpc) is 3.12. The van der Waals surface area contributed by atoms with Crippen LogP contribution < -0.4 is 5.31 Å². The van der Waals surface area contributed by atoms with Gasteiger partial charge in [0.1, 0.15) is 5.82 Å². The van der Waals surface area contributed by atoms with Crippen LogP contribution in [0, 0.1) is 6.92 Å². The van der Waals surface area contributed by atoms with Crippen LogP contribution in [0.25, 0.3) is 0 Å². The molecule has 1 N–H and O–H groups in total. The topological polar surface area (TPSA) is 55.1 Å². The van der Waals surface area contributed by atoms with Gasteiger partial charge in [0.25, 0.3) is 0 Å². The summed E-state index contributed by atoms with van der Waals surface area (Å²) in [6.45, 7) is 1.83. The smallest absolute Gasteiger partial charge is 0.247 e. The van der Waals surface area contributed by atoms with E-state index in [9.17, 15) is 0 Å². The third-order valence-corrected chi connectivity index (χ3v) is 3.16. The van der Waals surface area contributed by atoms with Crippen LogP contribution >= 0.6 is 0 Å². The highest BCUT2D eigenvalue weighted by Gasteiger charge is 2.06. The number of benzene rings is 1. The summed E-state index contributed by atoms with van der Waals surface area (Å²) in [6.07, 6.45) is 9.35. The minimum absolute atomic E-state index is 0.556. The molecule has 1 aromatic carbocycles. The second-order valence-electron chi connectivity index (χ2n) is 4.87. The quantitative estimate of drug-likeness (QED) is 0.879. The van der Waals surface area contributed by atoms with E-state index in [1.807, 2.05) is 62.5 Å². The highest BCUT2D eigenvalue weighted by atomic mass is 15.4. The lowest BCUT2D eigenvalue weighted by Crippen LogP contribution is -1.93. The maximum absolute atomic E-state index is 8.13. The summed E-state index contributed by atoms with van der Waals surface area (Å²) in [4.78, 5) is 8.62. The minimum Gasteiger partial charge on any atom is -0.361 e. The molecular weight excluding hydrogens is 274 g/mol. The van der Waals surface area contributed by atoms with E-state index in [0.717, 1.165) is 16.8 Å². The highest BCUT2D eigenvalue weighted by Crippen LogP contribution is 2.18. The van der Waals surface area contributed by atoms with Crippen LogP contribution in [0.3, 0.4) is 0 Å². The molecule has 0 amide bonds. The zero-order chi connectivity index (χ0) is 16.2. The number of nitrogens with one attached hydrogen (secondary N) is 1. The van der Waals surface area contributed by atoms with Crippen molar-refractivity contribution >= 4 is 17.9 Å². The Morgan fingerprint density at radius 3 is 2.86 bits per heavy atom. The van der Waals surface area contributed by atoms with E-state index < -0.39 is 0 Å². The molecule has 0 saturated carbocycles. The molecule has 0 aliphatic heterocycles. The molecule has 5 heteroatoms. The molecule has 0 radical (unpaired) electrons. The SMILES string of the molecule is [2H]N(/C=C1/C=CC=C1/C=N/c1nc(C)nn1C)c1ccccc1. The molecule has 0 bridgehead atoms. The predicted molar refractivity (Wildman–Crippen MR) is 89.3 cm³/mol. The normalized spacial score (nSPS) is 16.4. The van der Waals surface area contributed by atoms with Crippen molar-refractivity contribution in [2.75, 3.05) is 5.31 Å². The number of para-hydroxylation sites is 1. The van der Waals surface area contributed by atoms with E-state index in [2.05, 4.69) is 15.1 Å². The Bertz CT molecular complexity index is 815. The highest BCUT2D eigenvalue weighted by molar-refractivity contribution is 5.89. The number of aryl methyl sites for hydroxylation is 2. The number of anilines is 1. The molecule has 0 spiro atoms. The maximum Gasteiger partial charge on any atom is 0.247 e. The molecule has 110 valence electrons. The summed E-state index contributed by atoms with van der Waals surface area (Å²) >= 11 is 0. The van der Waals surface area contributed by atoms with Gasteiger partial charge in [0.15, 0.2) is 1.41 Å². The first-order chi connectivity index (χ1) is 11.1. The van der Waals surface area contributed by atoms with Crippen LogP contribution in [0.4, 0.5) is 11.6 Å². The van der Waals surface area contributed by atoms with Crippen molar-refractivity contribution in [3.63, 3.8) is 0 Å². The Labute approximate surface area is 130 Å². The van der Waals surface area contributed by atoms with Gasteiger partial charge in [-0.3, -0.25) is 0 Å². The van der Waals surface area contributed by atoms with Gasteiger partial charge in [0.2, 0.25) is 5.95 Å². The lowest BCUT2D eigenvalue weighted by molar-refractivity contribution is 0.759. The number of aliphatic imine (C=N–C) groups is 1. The summed E-state index contributed by atoms with van der Waals surface area (Å²) in [5.74, 6) is 1.25. The molecule has 0 fully saturated rings. The number of hydrogen-bond donors (Lipinski definition) is 1. The molecule has 0 saturated heterocycles. The Morgan fingerprint density at radius 1 is 1.32 bits per heavy atom. The third kappa shape index (κ3) is 3.20. The van der Waals surface area contributed by atoms with Crippen molar-refractivity contribution in [1.82, 2.24) is 14.8 Å². The number of allylic oxidation sites excluding steroid dienone is 5.